The lowest BCUT2D eigenvalue weighted by atomic mass is 10.0. The van der Waals surface area contributed by atoms with E-state index in [1.807, 2.05) is 0 Å². The molecular weight excluding hydrogens is 246 g/mol. The van der Waals surface area contributed by atoms with E-state index in [0.29, 0.717) is 16.6 Å². The Morgan fingerprint density at radius 3 is 2.68 bits per heavy atom. The molecule has 2 rings (SSSR count). The second-order valence-electron chi connectivity index (χ2n) is 4.82. The lowest BCUT2D eigenvalue weighted by Gasteiger charge is -2.21. The van der Waals surface area contributed by atoms with Crippen molar-refractivity contribution < 1.29 is 9.59 Å². The molecule has 0 aliphatic carbocycles. The van der Waals surface area contributed by atoms with Gasteiger partial charge in [-0.05, 0) is 32.0 Å². The summed E-state index contributed by atoms with van der Waals surface area (Å²) in [5.74, 6) is -1.11. The number of fused-ring (bicyclic) bond motifs is 1. The zero-order chi connectivity index (χ0) is 14.2. The van der Waals surface area contributed by atoms with E-state index in [1.54, 1.807) is 18.2 Å². The Bertz CT molecular complexity index is 659. The molecule has 1 heterocycles. The van der Waals surface area contributed by atoms with Gasteiger partial charge in [0.2, 0.25) is 5.91 Å². The number of nitrogens with zero attached hydrogens (tertiary/aromatic N) is 1. The molecule has 0 spiro atoms. The van der Waals surface area contributed by atoms with Crippen molar-refractivity contribution in [2.24, 2.45) is 5.73 Å². The molecule has 0 unspecified atom stereocenters. The van der Waals surface area contributed by atoms with Crippen LogP contribution in [0.15, 0.2) is 18.2 Å². The van der Waals surface area contributed by atoms with Gasteiger partial charge in [-0.2, -0.15) is 5.10 Å². The Labute approximate surface area is 109 Å². The molecule has 1 aromatic heterocycles. The third kappa shape index (κ3) is 2.35. The monoisotopic (exact) mass is 261 g/mol. The minimum Gasteiger partial charge on any atom is -0.399 e. The van der Waals surface area contributed by atoms with E-state index >= 15 is 0 Å². The molecule has 0 aliphatic rings. The summed E-state index contributed by atoms with van der Waals surface area (Å²) in [7, 11) is 0. The molecule has 0 fully saturated rings. The van der Waals surface area contributed by atoms with Gasteiger partial charge in [0.1, 0.15) is 5.54 Å². The lowest BCUT2D eigenvalue weighted by Crippen LogP contribution is -2.53. The molecule has 1 aromatic carbocycles. The van der Waals surface area contributed by atoms with Gasteiger partial charge in [0.15, 0.2) is 5.69 Å². The SMILES string of the molecule is CC(C)(NC(=O)c1n[nH]c2ccc(N)cc12)C(N)=O. The minimum absolute atomic E-state index is 0.177. The van der Waals surface area contributed by atoms with Crippen molar-refractivity contribution in [1.82, 2.24) is 15.5 Å². The lowest BCUT2D eigenvalue weighted by molar-refractivity contribution is -0.122. The third-order valence-corrected chi connectivity index (χ3v) is 2.84. The number of carbonyl (C=O) groups excluding carboxylic acids is 2. The van der Waals surface area contributed by atoms with Crippen molar-refractivity contribution in [2.75, 3.05) is 5.73 Å². The Kier molecular flexibility index (Phi) is 2.89. The van der Waals surface area contributed by atoms with Crippen LogP contribution in [-0.2, 0) is 4.79 Å². The first-order chi connectivity index (χ1) is 8.81. The first-order valence-electron chi connectivity index (χ1n) is 5.67. The van der Waals surface area contributed by atoms with Gasteiger partial charge in [-0.3, -0.25) is 14.7 Å². The number of hydrogen-bond donors (Lipinski definition) is 4. The van der Waals surface area contributed by atoms with E-state index in [0.717, 1.165) is 0 Å². The quantitative estimate of drug-likeness (QED) is 0.586. The van der Waals surface area contributed by atoms with Gasteiger partial charge < -0.3 is 16.8 Å². The van der Waals surface area contributed by atoms with Gasteiger partial charge in [0.05, 0.1) is 5.52 Å². The number of aromatic amines is 1. The summed E-state index contributed by atoms with van der Waals surface area (Å²) >= 11 is 0. The van der Waals surface area contributed by atoms with Crippen LogP contribution >= 0.6 is 0 Å². The summed E-state index contributed by atoms with van der Waals surface area (Å²) < 4.78 is 0. The fraction of sp³-hybridized carbons (Fsp3) is 0.250. The zero-order valence-electron chi connectivity index (χ0n) is 10.7. The van der Waals surface area contributed by atoms with Crippen LogP contribution in [-0.4, -0.2) is 27.6 Å². The van der Waals surface area contributed by atoms with Crippen LogP contribution in [0.2, 0.25) is 0 Å². The highest BCUT2D eigenvalue weighted by Gasteiger charge is 2.28. The highest BCUT2D eigenvalue weighted by atomic mass is 16.2. The van der Waals surface area contributed by atoms with E-state index in [1.165, 1.54) is 13.8 Å². The van der Waals surface area contributed by atoms with Crippen molar-refractivity contribution in [3.8, 4) is 0 Å². The van der Waals surface area contributed by atoms with Crippen LogP contribution in [0.1, 0.15) is 24.3 Å². The summed E-state index contributed by atoms with van der Waals surface area (Å²) in [5, 5.41) is 9.79. The maximum absolute atomic E-state index is 12.1. The van der Waals surface area contributed by atoms with Crippen LogP contribution in [0.3, 0.4) is 0 Å². The van der Waals surface area contributed by atoms with E-state index in [-0.39, 0.29) is 5.69 Å². The molecule has 0 radical (unpaired) electrons. The van der Waals surface area contributed by atoms with E-state index in [9.17, 15) is 9.59 Å². The predicted molar refractivity (Wildman–Crippen MR) is 71.2 cm³/mol. The number of benzene rings is 1. The number of anilines is 1. The van der Waals surface area contributed by atoms with Crippen LogP contribution < -0.4 is 16.8 Å². The number of primary amides is 1. The topological polar surface area (TPSA) is 127 Å². The van der Waals surface area contributed by atoms with Crippen LogP contribution in [0.25, 0.3) is 10.9 Å². The Morgan fingerprint density at radius 2 is 2.05 bits per heavy atom. The molecule has 0 saturated heterocycles. The van der Waals surface area contributed by atoms with Crippen molar-refractivity contribution in [2.45, 2.75) is 19.4 Å². The standard InChI is InChI=1S/C12H15N5O2/c1-12(2,11(14)19)15-10(18)9-7-5-6(13)3-4-8(7)16-17-9/h3-5H,13H2,1-2H3,(H2,14,19)(H,15,18)(H,16,17). The smallest absolute Gasteiger partial charge is 0.273 e. The Morgan fingerprint density at radius 1 is 1.37 bits per heavy atom. The Hall–Kier alpha value is -2.57. The molecule has 0 saturated carbocycles. The second kappa shape index (κ2) is 4.27. The van der Waals surface area contributed by atoms with Gasteiger partial charge in [0, 0.05) is 11.1 Å². The maximum Gasteiger partial charge on any atom is 0.273 e. The predicted octanol–water partition coefficient (Wildman–Crippen LogP) is 0.139. The zero-order valence-corrected chi connectivity index (χ0v) is 10.7. The van der Waals surface area contributed by atoms with E-state index in [4.69, 9.17) is 11.5 Å². The number of nitrogen functional groups attached to an aromatic ring is 1. The number of nitrogens with one attached hydrogen (secondary N) is 2. The van der Waals surface area contributed by atoms with Gasteiger partial charge in [0.25, 0.3) is 5.91 Å². The first kappa shape index (κ1) is 12.9. The van der Waals surface area contributed by atoms with Crippen LogP contribution in [0.4, 0.5) is 5.69 Å². The van der Waals surface area contributed by atoms with E-state index in [2.05, 4.69) is 15.5 Å². The fourth-order valence-electron chi connectivity index (χ4n) is 1.61. The molecule has 6 N–H and O–H groups in total. The average Bonchev–Trinajstić information content (AvgIpc) is 2.70. The summed E-state index contributed by atoms with van der Waals surface area (Å²) in [4.78, 5) is 23.3. The number of amides is 2. The molecule has 7 heteroatoms. The number of rotatable bonds is 3. The van der Waals surface area contributed by atoms with Gasteiger partial charge >= 0.3 is 0 Å². The van der Waals surface area contributed by atoms with Crippen molar-refractivity contribution in [3.05, 3.63) is 23.9 Å². The highest BCUT2D eigenvalue weighted by molar-refractivity contribution is 6.07. The maximum atomic E-state index is 12.1. The molecular formula is C12H15N5O2. The molecule has 7 nitrogen and oxygen atoms in total. The van der Waals surface area contributed by atoms with Crippen molar-refractivity contribution >= 4 is 28.4 Å². The first-order valence-corrected chi connectivity index (χ1v) is 5.67. The van der Waals surface area contributed by atoms with Gasteiger partial charge in [-0.15, -0.1) is 0 Å². The summed E-state index contributed by atoms with van der Waals surface area (Å²) in [6.45, 7) is 3.05. The van der Waals surface area contributed by atoms with Crippen molar-refractivity contribution in [3.63, 3.8) is 0 Å². The summed E-state index contributed by atoms with van der Waals surface area (Å²) in [6.07, 6.45) is 0. The minimum atomic E-state index is -1.15. The number of H-pyrrole nitrogens is 1. The van der Waals surface area contributed by atoms with Gasteiger partial charge in [-0.1, -0.05) is 0 Å². The molecule has 0 bridgehead atoms. The molecule has 0 atom stereocenters. The fourth-order valence-corrected chi connectivity index (χ4v) is 1.61. The summed E-state index contributed by atoms with van der Waals surface area (Å²) in [6, 6.07) is 5.08. The van der Waals surface area contributed by atoms with Crippen molar-refractivity contribution in [1.29, 1.82) is 0 Å². The third-order valence-electron chi connectivity index (χ3n) is 2.84. The average molecular weight is 261 g/mol. The summed E-state index contributed by atoms with van der Waals surface area (Å²) in [5.41, 5.74) is 11.1. The molecule has 0 aliphatic heterocycles. The second-order valence-corrected chi connectivity index (χ2v) is 4.82. The van der Waals surface area contributed by atoms with Crippen LogP contribution in [0.5, 0.6) is 0 Å². The Balaban J connectivity index is 2.37. The molecule has 19 heavy (non-hydrogen) atoms. The number of hydrogen-bond acceptors (Lipinski definition) is 4. The number of nitrogens with two attached hydrogens (primary N) is 2. The molecule has 2 amide bonds. The molecule has 2 aromatic rings. The highest BCUT2D eigenvalue weighted by Crippen LogP contribution is 2.19. The van der Waals surface area contributed by atoms with Gasteiger partial charge in [-0.25, -0.2) is 0 Å². The number of carbonyl (C=O) groups is 2. The van der Waals surface area contributed by atoms with E-state index < -0.39 is 17.4 Å². The largest absolute Gasteiger partial charge is 0.399 e. The normalized spacial score (nSPS) is 11.5. The number of aromatic nitrogens is 2. The van der Waals surface area contributed by atoms with Crippen LogP contribution in [0, 0.1) is 0 Å². The molecule has 100 valence electrons.